The minimum Gasteiger partial charge on any atom is -0.466 e. The molecule has 1 fully saturated rings. The predicted molar refractivity (Wildman–Crippen MR) is 323 cm³/mol. The van der Waals surface area contributed by atoms with Gasteiger partial charge < -0.3 is 109 Å². The third kappa shape index (κ3) is 33.2. The summed E-state index contributed by atoms with van der Waals surface area (Å²) >= 11 is 0. The number of nitrogens with one attached hydrogen (secondary N) is 2. The van der Waals surface area contributed by atoms with Crippen LogP contribution in [-0.2, 0) is 110 Å². The maximum atomic E-state index is 12.3. The quantitative estimate of drug-likeness (QED) is 0.0122. The smallest absolute Gasteiger partial charge is 0.331 e. The fourth-order valence-electron chi connectivity index (χ4n) is 6.99. The summed E-state index contributed by atoms with van der Waals surface area (Å²) in [7, 11) is 4.58. The van der Waals surface area contributed by atoms with Crippen molar-refractivity contribution in [1.82, 2.24) is 20.4 Å². The number of aliphatic hydroxyl groups excluding tert-OH is 8. The van der Waals surface area contributed by atoms with Crippen LogP contribution in [0.4, 0.5) is 0 Å². The van der Waals surface area contributed by atoms with Crippen molar-refractivity contribution in [3.8, 4) is 0 Å². The number of carbonyl (C=O) groups is 13. The maximum absolute atomic E-state index is 12.3. The Labute approximate surface area is 547 Å². The Balaban J connectivity index is 0. The Morgan fingerprint density at radius 2 is 0.832 bits per heavy atom. The molecule has 0 unspecified atom stereocenters. The number of piperidine rings is 1. The second-order valence-corrected chi connectivity index (χ2v) is 20.3. The molecule has 0 aliphatic carbocycles. The molecule has 0 aromatic heterocycles. The molecule has 2 amide bonds. The number of Topliss-reactive ketones (excluding diaryl/α,β-unsaturated/α-hetero) is 1. The van der Waals surface area contributed by atoms with Gasteiger partial charge in [0.15, 0.2) is 0 Å². The van der Waals surface area contributed by atoms with Crippen LogP contribution < -0.4 is 10.6 Å². The van der Waals surface area contributed by atoms with Crippen molar-refractivity contribution in [2.24, 2.45) is 21.7 Å². The molecule has 35 heteroatoms. The zero-order valence-corrected chi connectivity index (χ0v) is 54.2. The van der Waals surface area contributed by atoms with Gasteiger partial charge in [-0.25, -0.2) is 38.4 Å². The van der Waals surface area contributed by atoms with Gasteiger partial charge in [-0.05, 0) is 66.1 Å². The lowest BCUT2D eigenvalue weighted by atomic mass is 9.87. The minimum atomic E-state index is -1.95. The largest absolute Gasteiger partial charge is 0.466 e. The van der Waals surface area contributed by atoms with E-state index in [-0.39, 0.29) is 18.0 Å². The molecule has 0 spiro atoms. The molecule has 0 atom stereocenters. The highest BCUT2D eigenvalue weighted by Crippen LogP contribution is 2.23. The molecule has 35 nitrogen and oxygen atoms in total. The van der Waals surface area contributed by atoms with Crippen molar-refractivity contribution >= 4 is 77.3 Å². The van der Waals surface area contributed by atoms with Crippen LogP contribution in [0.15, 0.2) is 72.8 Å². The molecule has 10 N–H and O–H groups in total. The lowest BCUT2D eigenvalue weighted by Crippen LogP contribution is -2.51. The van der Waals surface area contributed by atoms with E-state index in [9.17, 15) is 93.0 Å². The second-order valence-electron chi connectivity index (χ2n) is 20.3. The summed E-state index contributed by atoms with van der Waals surface area (Å²) in [5.74, 6) is -9.89. The van der Waals surface area contributed by atoms with E-state index in [1.165, 1.54) is 37.3 Å². The van der Waals surface area contributed by atoms with Crippen LogP contribution in [0.2, 0.25) is 0 Å². The van der Waals surface area contributed by atoms with Crippen molar-refractivity contribution in [3.63, 3.8) is 0 Å². The first-order valence-corrected chi connectivity index (χ1v) is 29.0. The summed E-state index contributed by atoms with van der Waals surface area (Å²) in [5, 5.41) is 80.1. The van der Waals surface area contributed by atoms with Crippen molar-refractivity contribution < 1.29 is 151 Å². The summed E-state index contributed by atoms with van der Waals surface area (Å²) in [4.78, 5) is 153. The Morgan fingerprint density at radius 3 is 1.16 bits per heavy atom. The Morgan fingerprint density at radius 1 is 0.495 bits per heavy atom. The number of nitrogens with zero attached hydrogens (tertiary/aromatic N) is 2. The highest BCUT2D eigenvalue weighted by Gasteiger charge is 2.44. The number of ether oxygens (including phenoxy) is 10. The lowest BCUT2D eigenvalue weighted by molar-refractivity contribution is -0.171. The number of unbranched alkanes of at least 4 members (excludes halogenated alkanes) is 1. The van der Waals surface area contributed by atoms with Crippen LogP contribution in [0.3, 0.4) is 0 Å². The third-order valence-corrected chi connectivity index (χ3v) is 13.6. The fourth-order valence-corrected chi connectivity index (χ4v) is 6.99. The second kappa shape index (κ2) is 48.8. The van der Waals surface area contributed by atoms with Gasteiger partial charge in [0, 0.05) is 67.9 Å². The number of aliphatic hydroxyl groups is 8. The number of carbonyl (C=O) groups excluding carboxylic acids is 13. The van der Waals surface area contributed by atoms with Crippen LogP contribution in [0.1, 0.15) is 52.9 Å². The van der Waals surface area contributed by atoms with Gasteiger partial charge in [-0.3, -0.25) is 24.0 Å². The van der Waals surface area contributed by atoms with Gasteiger partial charge >= 0.3 is 59.7 Å². The average molecular weight is 1360 g/mol. The first-order valence-electron chi connectivity index (χ1n) is 29.0. The topological polar surface area (TPSA) is 507 Å². The molecule has 0 saturated carbocycles. The minimum absolute atomic E-state index is 0.0681. The van der Waals surface area contributed by atoms with E-state index >= 15 is 0 Å². The molecule has 536 valence electrons. The molecule has 2 aliphatic heterocycles. The average Bonchev–Trinajstić information content (AvgIpc) is 0.871. The molecule has 2 heterocycles. The van der Waals surface area contributed by atoms with Crippen molar-refractivity contribution in [2.45, 2.75) is 52.9 Å². The number of likely N-dealkylation sites (tertiary alicyclic amines) is 1. The van der Waals surface area contributed by atoms with Crippen LogP contribution in [0.5, 0.6) is 0 Å². The van der Waals surface area contributed by atoms with Gasteiger partial charge in [0.1, 0.15) is 66.3 Å². The molecule has 0 aromatic carbocycles. The van der Waals surface area contributed by atoms with Gasteiger partial charge in [0.2, 0.25) is 5.91 Å². The van der Waals surface area contributed by atoms with Gasteiger partial charge in [-0.2, -0.15) is 0 Å². The molecule has 1 saturated heterocycles. The monoisotopic (exact) mass is 1360 g/mol. The van der Waals surface area contributed by atoms with E-state index in [4.69, 9.17) is 33.9 Å². The van der Waals surface area contributed by atoms with Gasteiger partial charge in [-0.1, -0.05) is 13.0 Å². The van der Waals surface area contributed by atoms with Gasteiger partial charge in [-0.15, -0.1) is 0 Å². The molecular formula is C60H90N4O31. The Kier molecular flexibility index (Phi) is 45.4. The lowest BCUT2D eigenvalue weighted by Gasteiger charge is -2.33. The summed E-state index contributed by atoms with van der Waals surface area (Å²) in [5.41, 5.74) is -6.76. The molecule has 95 heavy (non-hydrogen) atoms. The number of amides is 2. The zero-order valence-electron chi connectivity index (χ0n) is 54.2. The SMILES string of the molecule is C=C1NC=C(COC(=O)C(CO)(CO)COC(=O)/C=C/C(=O)OC)C(=O)N1.CCN(CC)C(=O)C(CO)(CO)COC(=O)/C=C/C(=O)OC.COC(=O)/C=C/C(=O)OCC(CO)(CO)C(=O)OCCCCN1CCCCC1.COC(=O)/C=C/C(=O)OCC(CO)(CO)C(C)=O. The van der Waals surface area contributed by atoms with Crippen LogP contribution in [0, 0.1) is 21.7 Å². The van der Waals surface area contributed by atoms with E-state index in [1.54, 1.807) is 13.8 Å². The van der Waals surface area contributed by atoms with E-state index in [2.05, 4.69) is 45.8 Å². The summed E-state index contributed by atoms with van der Waals surface area (Å²) in [6.45, 7) is 3.65. The zero-order chi connectivity index (χ0) is 72.6. The van der Waals surface area contributed by atoms with E-state index < -0.39 is 185 Å². The predicted octanol–water partition coefficient (Wildman–Crippen LogP) is -4.20. The molecule has 2 aliphatic rings. The number of esters is 10. The van der Waals surface area contributed by atoms with Crippen molar-refractivity contribution in [2.75, 3.05) is 154 Å². The fraction of sp³-hybridized carbons (Fsp3) is 0.583. The van der Waals surface area contributed by atoms with E-state index in [0.29, 0.717) is 19.5 Å². The normalized spacial score (nSPS) is 13.3. The van der Waals surface area contributed by atoms with E-state index in [1.807, 2.05) is 0 Å². The highest BCUT2D eigenvalue weighted by atomic mass is 16.6. The number of rotatable bonds is 37. The first-order chi connectivity index (χ1) is 45.1. The van der Waals surface area contributed by atoms with Crippen molar-refractivity contribution in [3.05, 3.63) is 72.8 Å². The molecule has 2 rings (SSSR count). The third-order valence-electron chi connectivity index (χ3n) is 13.6. The Bertz CT molecular complexity index is 2660. The highest BCUT2D eigenvalue weighted by molar-refractivity contribution is 5.96. The van der Waals surface area contributed by atoms with E-state index in [0.717, 1.165) is 103 Å². The van der Waals surface area contributed by atoms with Crippen molar-refractivity contribution in [1.29, 1.82) is 0 Å². The summed E-state index contributed by atoms with van der Waals surface area (Å²) < 4.78 is 46.4. The van der Waals surface area contributed by atoms with Crippen LogP contribution >= 0.6 is 0 Å². The summed E-state index contributed by atoms with van der Waals surface area (Å²) in [6, 6.07) is 0. The van der Waals surface area contributed by atoms with Gasteiger partial charge in [0.05, 0.1) is 93.5 Å². The number of hydrogen-bond acceptors (Lipinski definition) is 33. The Hall–Kier alpha value is -8.81. The molecule has 0 bridgehead atoms. The van der Waals surface area contributed by atoms with Crippen LogP contribution in [-0.4, -0.2) is 282 Å². The summed E-state index contributed by atoms with van der Waals surface area (Å²) in [6.07, 6.45) is 13.2. The molecular weight excluding hydrogens is 1270 g/mol. The number of hydrogen-bond donors (Lipinski definition) is 10. The first kappa shape index (κ1) is 88.2. The molecule has 0 aromatic rings. The maximum Gasteiger partial charge on any atom is 0.331 e. The standard InChI is InChI=1S/C19H31NO8.C16H20N2O9.C14H23NO7.C11H16O7/c1-26-16(23)7-8-17(24)28-15-19(13-21,14-22)18(25)27-12-6-5-11-20-9-3-2-4-10-20;1-10-17-5-11(14(23)18-10)6-26-15(24)16(7-19,8-20)9-27-13(22)4-3-12(21)25-2;1-4-15(5-2)13(20)14(8-16,9-17)10-22-12(19)7-6-11(18)21-3;1-8(14)11(5-12,6-13)7-18-10(16)4-3-9(15)17-2/h7-8,21-22H,2-6,9-15H2,1H3;3-5,17,19-20H,1,6-9H2,2H3,(H,18,23);6-7,16-17H,4-5,8-10H2,1-3H3;3-4,12-13H,5-7H2,1-2H3/b8-7+;4-3+;7-6+;4-3+. The molecule has 0 radical (unpaired) electrons. The van der Waals surface area contributed by atoms with Gasteiger partial charge in [0.25, 0.3) is 5.91 Å². The van der Waals surface area contributed by atoms with Crippen LogP contribution in [0.25, 0.3) is 0 Å². The number of methoxy groups -OCH3 is 4. The number of ketones is 1.